The molecule has 0 atom stereocenters. The van der Waals surface area contributed by atoms with E-state index < -0.39 is 0 Å². The van der Waals surface area contributed by atoms with Crippen molar-refractivity contribution in [2.75, 3.05) is 0 Å². The number of hydrogen-bond donors (Lipinski definition) is 0. The molecule has 3 nitrogen and oxygen atoms in total. The van der Waals surface area contributed by atoms with Gasteiger partial charge in [-0.2, -0.15) is 0 Å². The first-order valence-electron chi connectivity index (χ1n) is 4.56. The minimum absolute atomic E-state index is 0.176. The minimum atomic E-state index is -0.176. The fourth-order valence-electron chi connectivity index (χ4n) is 1.38. The number of nitrogens with zero attached hydrogens (tertiary/aromatic N) is 2. The van der Waals surface area contributed by atoms with Crippen LogP contribution in [-0.4, -0.2) is 15.3 Å². The lowest BCUT2D eigenvalue weighted by Crippen LogP contribution is -2.09. The van der Waals surface area contributed by atoms with Crippen molar-refractivity contribution in [2.24, 2.45) is 7.05 Å². The Morgan fingerprint density at radius 3 is 2.81 bits per heavy atom. The number of ketones is 1. The summed E-state index contributed by atoms with van der Waals surface area (Å²) in [4.78, 5) is 16.1. The van der Waals surface area contributed by atoms with Gasteiger partial charge >= 0.3 is 0 Å². The Morgan fingerprint density at radius 1 is 1.50 bits per heavy atom. The molecule has 5 heteroatoms. The molecule has 1 aromatic carbocycles. The minimum Gasteiger partial charge on any atom is -0.331 e. The molecule has 0 spiro atoms. The molecule has 0 N–H and O–H groups in total. The normalized spacial score (nSPS) is 10.4. The third-order valence-corrected chi connectivity index (χ3v) is 3.01. The Hall–Kier alpha value is -1.13. The molecule has 2 rings (SSSR count). The number of hydrogen-bond acceptors (Lipinski definition) is 2. The van der Waals surface area contributed by atoms with Crippen LogP contribution in [0.3, 0.4) is 0 Å². The van der Waals surface area contributed by atoms with Gasteiger partial charge in [0.2, 0.25) is 5.78 Å². The number of aryl methyl sites for hydroxylation is 1. The van der Waals surface area contributed by atoms with Crippen molar-refractivity contribution in [3.63, 3.8) is 0 Å². The van der Waals surface area contributed by atoms with Crippen LogP contribution in [0.1, 0.15) is 16.2 Å². The highest BCUT2D eigenvalue weighted by Crippen LogP contribution is 2.23. The number of halogens is 2. The van der Waals surface area contributed by atoms with Crippen molar-refractivity contribution in [2.45, 2.75) is 0 Å². The van der Waals surface area contributed by atoms with Gasteiger partial charge in [-0.05, 0) is 18.2 Å². The van der Waals surface area contributed by atoms with Crippen LogP contribution in [0.15, 0.2) is 35.1 Å². The predicted molar refractivity (Wildman–Crippen MR) is 65.8 cm³/mol. The fraction of sp³-hybridized carbons (Fsp3) is 0.0909. The predicted octanol–water partition coefficient (Wildman–Crippen LogP) is 3.07. The second-order valence-electron chi connectivity index (χ2n) is 3.32. The van der Waals surface area contributed by atoms with E-state index in [0.29, 0.717) is 16.4 Å². The molecule has 16 heavy (non-hydrogen) atoms. The summed E-state index contributed by atoms with van der Waals surface area (Å²) in [6.45, 7) is 0. The number of benzene rings is 1. The largest absolute Gasteiger partial charge is 0.331 e. The summed E-state index contributed by atoms with van der Waals surface area (Å²) in [5.41, 5.74) is 0.458. The van der Waals surface area contributed by atoms with Crippen molar-refractivity contribution < 1.29 is 4.79 Å². The third kappa shape index (κ3) is 2.03. The van der Waals surface area contributed by atoms with E-state index >= 15 is 0 Å². The first-order valence-corrected chi connectivity index (χ1v) is 5.74. The van der Waals surface area contributed by atoms with E-state index in [-0.39, 0.29) is 5.78 Å². The highest BCUT2D eigenvalue weighted by atomic mass is 79.9. The second-order valence-corrected chi connectivity index (χ2v) is 4.64. The van der Waals surface area contributed by atoms with Crippen molar-refractivity contribution in [3.8, 4) is 0 Å². The molecule has 0 unspecified atom stereocenters. The Kier molecular flexibility index (Phi) is 3.12. The van der Waals surface area contributed by atoms with Crippen LogP contribution in [0.2, 0.25) is 5.02 Å². The average Bonchev–Trinajstić information content (AvgIpc) is 2.63. The molecule has 1 aromatic heterocycles. The summed E-state index contributed by atoms with van der Waals surface area (Å²) < 4.78 is 2.51. The van der Waals surface area contributed by atoms with Crippen LogP contribution in [0.5, 0.6) is 0 Å². The van der Waals surface area contributed by atoms with Crippen molar-refractivity contribution in [3.05, 3.63) is 51.5 Å². The van der Waals surface area contributed by atoms with Crippen molar-refractivity contribution >= 4 is 33.3 Å². The molecule has 0 radical (unpaired) electrons. The Morgan fingerprint density at radius 2 is 2.25 bits per heavy atom. The third-order valence-electron chi connectivity index (χ3n) is 2.20. The number of carbonyl (C=O) groups is 1. The molecule has 0 bridgehead atoms. The first-order chi connectivity index (χ1) is 7.59. The van der Waals surface area contributed by atoms with E-state index in [1.807, 2.05) is 0 Å². The van der Waals surface area contributed by atoms with Crippen LogP contribution in [-0.2, 0) is 7.05 Å². The van der Waals surface area contributed by atoms with Gasteiger partial charge in [-0.3, -0.25) is 4.79 Å². The van der Waals surface area contributed by atoms with Gasteiger partial charge in [0.1, 0.15) is 0 Å². The van der Waals surface area contributed by atoms with Crippen molar-refractivity contribution in [1.82, 2.24) is 9.55 Å². The average molecular weight is 300 g/mol. The zero-order valence-electron chi connectivity index (χ0n) is 8.45. The Labute approximate surface area is 106 Å². The quantitative estimate of drug-likeness (QED) is 0.799. The van der Waals surface area contributed by atoms with Gasteiger partial charge in [0.15, 0.2) is 5.82 Å². The maximum Gasteiger partial charge on any atom is 0.229 e. The maximum absolute atomic E-state index is 12.1. The van der Waals surface area contributed by atoms with Gasteiger partial charge in [0, 0.05) is 29.5 Å². The van der Waals surface area contributed by atoms with E-state index in [1.165, 1.54) is 0 Å². The van der Waals surface area contributed by atoms with Gasteiger partial charge in [-0.1, -0.05) is 27.5 Å². The van der Waals surface area contributed by atoms with E-state index in [4.69, 9.17) is 11.6 Å². The molecular formula is C11H8BrClN2O. The molecule has 0 saturated carbocycles. The molecule has 0 fully saturated rings. The van der Waals surface area contributed by atoms with Gasteiger partial charge in [0.05, 0.1) is 5.02 Å². The highest BCUT2D eigenvalue weighted by Gasteiger charge is 2.16. The molecule has 1 heterocycles. The van der Waals surface area contributed by atoms with Crippen LogP contribution in [0.4, 0.5) is 0 Å². The molecule has 0 amide bonds. The Balaban J connectivity index is 2.46. The molecular weight excluding hydrogens is 291 g/mol. The van der Waals surface area contributed by atoms with Crippen LogP contribution in [0.25, 0.3) is 0 Å². The van der Waals surface area contributed by atoms with E-state index in [1.54, 1.807) is 42.2 Å². The summed E-state index contributed by atoms with van der Waals surface area (Å²) in [6.07, 6.45) is 3.31. The summed E-state index contributed by atoms with van der Waals surface area (Å²) >= 11 is 9.30. The number of rotatable bonds is 2. The molecule has 0 aliphatic rings. The Bertz CT molecular complexity index is 551. The van der Waals surface area contributed by atoms with Gasteiger partial charge in [0.25, 0.3) is 0 Å². The smallest absolute Gasteiger partial charge is 0.229 e. The van der Waals surface area contributed by atoms with Crippen LogP contribution >= 0.6 is 27.5 Å². The van der Waals surface area contributed by atoms with Gasteiger partial charge < -0.3 is 4.57 Å². The maximum atomic E-state index is 12.1. The molecule has 0 aliphatic carbocycles. The summed E-state index contributed by atoms with van der Waals surface area (Å²) in [7, 11) is 1.77. The zero-order chi connectivity index (χ0) is 11.7. The number of imidazole rings is 1. The van der Waals surface area contributed by atoms with Gasteiger partial charge in [-0.15, -0.1) is 0 Å². The molecule has 2 aromatic rings. The van der Waals surface area contributed by atoms with Crippen LogP contribution in [0, 0.1) is 0 Å². The van der Waals surface area contributed by atoms with E-state index in [2.05, 4.69) is 20.9 Å². The summed E-state index contributed by atoms with van der Waals surface area (Å²) in [5, 5.41) is 0.419. The molecule has 0 aliphatic heterocycles. The lowest BCUT2D eigenvalue weighted by Gasteiger charge is -2.03. The SMILES string of the molecule is Cn1ccnc1C(=O)c1ccc(Br)cc1Cl. The van der Waals surface area contributed by atoms with Gasteiger partial charge in [-0.25, -0.2) is 4.98 Å². The van der Waals surface area contributed by atoms with E-state index in [0.717, 1.165) is 4.47 Å². The second kappa shape index (κ2) is 4.39. The van der Waals surface area contributed by atoms with Crippen LogP contribution < -0.4 is 0 Å². The van der Waals surface area contributed by atoms with Crippen molar-refractivity contribution in [1.29, 1.82) is 0 Å². The highest BCUT2D eigenvalue weighted by molar-refractivity contribution is 9.10. The monoisotopic (exact) mass is 298 g/mol. The standard InChI is InChI=1S/C11H8BrClN2O/c1-15-5-4-14-11(15)10(16)8-3-2-7(12)6-9(8)13/h2-6H,1H3. The lowest BCUT2D eigenvalue weighted by atomic mass is 10.1. The number of carbonyl (C=O) groups excluding carboxylic acids is 1. The topological polar surface area (TPSA) is 34.9 Å². The zero-order valence-corrected chi connectivity index (χ0v) is 10.8. The van der Waals surface area contributed by atoms with E-state index in [9.17, 15) is 4.79 Å². The summed E-state index contributed by atoms with van der Waals surface area (Å²) in [5.74, 6) is 0.203. The molecule has 82 valence electrons. The number of aromatic nitrogens is 2. The fourth-order valence-corrected chi connectivity index (χ4v) is 2.14. The lowest BCUT2D eigenvalue weighted by molar-refractivity contribution is 0.102. The summed E-state index contributed by atoms with van der Waals surface area (Å²) in [6, 6.07) is 5.16. The molecule has 0 saturated heterocycles. The first kappa shape index (κ1) is 11.4.